The SMILES string of the molecule is O=C1N[C@]2(C(=O)NS(=O)(=O)C3CC3)C[C@H]2C=CCCCCC[C@H](NCc2ccccc2)C(=O)N2C[C@H](Oc3nc4ccccc4o3)C[C@@H]12. The normalized spacial score (nSPS) is 28.1. The van der Waals surface area contributed by atoms with Crippen LogP contribution in [0.1, 0.15) is 63.4 Å². The van der Waals surface area contributed by atoms with Crippen LogP contribution in [0.3, 0.4) is 0 Å². The van der Waals surface area contributed by atoms with Crippen molar-refractivity contribution in [3.63, 3.8) is 0 Å². The first-order chi connectivity index (χ1) is 23.2. The van der Waals surface area contributed by atoms with Gasteiger partial charge in [-0.2, -0.15) is 4.98 Å². The smallest absolute Gasteiger partial charge is 0.394 e. The lowest BCUT2D eigenvalue weighted by Gasteiger charge is -2.30. The summed E-state index contributed by atoms with van der Waals surface area (Å²) in [4.78, 5) is 48.1. The standard InChI is InChI=1S/C35H41N5O7S/c41-31-29-19-25(46-34-37-27-14-9-10-16-30(27)47-34)22-40(29)32(42)28(36-21-23-11-5-4-6-12-23)15-8-3-1-2-7-13-24-20-35(24,38-31)33(43)39-48(44,45)26-17-18-26/h4-7,9-14,16,24-26,28-29,36H,1-3,8,15,17-22H2,(H,38,41)(H,39,43)/t24-,25-,28+,29+,35-/m1/s1. The highest BCUT2D eigenvalue weighted by atomic mass is 32.2. The summed E-state index contributed by atoms with van der Waals surface area (Å²) in [6.07, 6.45) is 8.75. The number of aromatic nitrogens is 1. The average molecular weight is 676 g/mol. The van der Waals surface area contributed by atoms with Crippen molar-refractivity contribution in [3.05, 3.63) is 72.3 Å². The number of carbonyl (C=O) groups is 3. The minimum absolute atomic E-state index is 0.0454. The van der Waals surface area contributed by atoms with Gasteiger partial charge in [0.15, 0.2) is 5.58 Å². The van der Waals surface area contributed by atoms with Gasteiger partial charge in [-0.05, 0) is 56.2 Å². The number of benzene rings is 2. The summed E-state index contributed by atoms with van der Waals surface area (Å²) in [6, 6.07) is 15.6. The molecule has 1 aromatic heterocycles. The maximum absolute atomic E-state index is 14.4. The number of amides is 3. The van der Waals surface area contributed by atoms with E-state index < -0.39 is 50.8 Å². The number of ether oxygens (including phenoxy) is 1. The number of allylic oxidation sites excluding steroid dienone is 1. The maximum atomic E-state index is 14.4. The van der Waals surface area contributed by atoms with Gasteiger partial charge in [-0.15, -0.1) is 0 Å². The predicted octanol–water partition coefficient (Wildman–Crippen LogP) is 3.34. The molecule has 3 N–H and O–H groups in total. The summed E-state index contributed by atoms with van der Waals surface area (Å²) in [5, 5.41) is 5.76. The summed E-state index contributed by atoms with van der Waals surface area (Å²) in [5.74, 6) is -1.86. The summed E-state index contributed by atoms with van der Waals surface area (Å²) >= 11 is 0. The molecular weight excluding hydrogens is 634 g/mol. The summed E-state index contributed by atoms with van der Waals surface area (Å²) in [5.41, 5.74) is 0.796. The van der Waals surface area contributed by atoms with E-state index in [1.807, 2.05) is 54.6 Å². The number of carbonyl (C=O) groups excluding carboxylic acids is 3. The van der Waals surface area contributed by atoms with Crippen molar-refractivity contribution in [2.75, 3.05) is 6.54 Å². The van der Waals surface area contributed by atoms with Gasteiger partial charge >= 0.3 is 6.08 Å². The predicted molar refractivity (Wildman–Crippen MR) is 177 cm³/mol. The quantitative estimate of drug-likeness (QED) is 0.305. The molecular formula is C35H41N5O7S. The topological polar surface area (TPSA) is 160 Å². The maximum Gasteiger partial charge on any atom is 0.394 e. The van der Waals surface area contributed by atoms with Crippen LogP contribution >= 0.6 is 0 Å². The summed E-state index contributed by atoms with van der Waals surface area (Å²) in [7, 11) is -3.83. The molecule has 3 aromatic rings. The van der Waals surface area contributed by atoms with E-state index in [9.17, 15) is 22.8 Å². The van der Waals surface area contributed by atoms with Crippen LogP contribution in [0.25, 0.3) is 11.1 Å². The van der Waals surface area contributed by atoms with Gasteiger partial charge in [-0.3, -0.25) is 19.1 Å². The molecule has 0 bridgehead atoms. The molecule has 3 fully saturated rings. The van der Waals surface area contributed by atoms with Crippen LogP contribution in [-0.2, 0) is 31.0 Å². The van der Waals surface area contributed by atoms with Gasteiger partial charge in [-0.1, -0.05) is 67.5 Å². The molecule has 1 saturated heterocycles. The van der Waals surface area contributed by atoms with Crippen LogP contribution in [0.4, 0.5) is 0 Å². The van der Waals surface area contributed by atoms with Gasteiger partial charge < -0.3 is 24.7 Å². The Morgan fingerprint density at radius 2 is 1.83 bits per heavy atom. The van der Waals surface area contributed by atoms with Crippen molar-refractivity contribution in [3.8, 4) is 6.08 Å². The molecule has 12 nitrogen and oxygen atoms in total. The first-order valence-corrected chi connectivity index (χ1v) is 18.4. The van der Waals surface area contributed by atoms with E-state index >= 15 is 0 Å². The highest BCUT2D eigenvalue weighted by Gasteiger charge is 2.62. The molecule has 0 unspecified atom stereocenters. The van der Waals surface area contributed by atoms with Crippen molar-refractivity contribution >= 4 is 38.8 Å². The van der Waals surface area contributed by atoms with Crippen LogP contribution in [0.15, 0.2) is 71.2 Å². The second-order valence-electron chi connectivity index (χ2n) is 13.4. The Hall–Kier alpha value is -4.23. The van der Waals surface area contributed by atoms with E-state index in [1.54, 1.807) is 12.1 Å². The van der Waals surface area contributed by atoms with Crippen LogP contribution < -0.4 is 20.1 Å². The van der Waals surface area contributed by atoms with E-state index in [-0.39, 0.29) is 37.3 Å². The van der Waals surface area contributed by atoms with Gasteiger partial charge in [0.1, 0.15) is 23.2 Å². The lowest BCUT2D eigenvalue weighted by Crippen LogP contribution is -2.58. The minimum Gasteiger partial charge on any atom is -0.445 e. The zero-order chi connectivity index (χ0) is 33.3. The molecule has 13 heteroatoms. The third-order valence-electron chi connectivity index (χ3n) is 9.78. The lowest BCUT2D eigenvalue weighted by molar-refractivity contribution is -0.141. The fourth-order valence-electron chi connectivity index (χ4n) is 6.78. The molecule has 48 heavy (non-hydrogen) atoms. The molecule has 3 heterocycles. The third kappa shape index (κ3) is 6.98. The number of sulfonamides is 1. The number of fused-ring (bicyclic) bond motifs is 3. The van der Waals surface area contributed by atoms with E-state index in [0.29, 0.717) is 36.9 Å². The minimum atomic E-state index is -3.83. The zero-order valence-corrected chi connectivity index (χ0v) is 27.5. The molecule has 254 valence electrons. The molecule has 2 aromatic carbocycles. The number of nitrogens with zero attached hydrogens (tertiary/aromatic N) is 2. The Balaban J connectivity index is 1.16. The molecule has 2 aliphatic carbocycles. The molecule has 0 spiro atoms. The van der Waals surface area contributed by atoms with Crippen molar-refractivity contribution in [1.82, 2.24) is 25.2 Å². The van der Waals surface area contributed by atoms with Crippen molar-refractivity contribution < 1.29 is 32.0 Å². The molecule has 7 rings (SSSR count). The third-order valence-corrected chi connectivity index (χ3v) is 11.6. The zero-order valence-electron chi connectivity index (χ0n) is 26.7. The number of hydrogen-bond acceptors (Lipinski definition) is 9. The Bertz CT molecular complexity index is 1770. The monoisotopic (exact) mass is 675 g/mol. The Kier molecular flexibility index (Phi) is 8.99. The van der Waals surface area contributed by atoms with Gasteiger partial charge in [0.05, 0.1) is 17.8 Å². The highest BCUT2D eigenvalue weighted by Crippen LogP contribution is 2.46. The van der Waals surface area contributed by atoms with Gasteiger partial charge in [0.25, 0.3) is 5.91 Å². The average Bonchev–Trinajstić information content (AvgIpc) is 3.97. The largest absolute Gasteiger partial charge is 0.445 e. The summed E-state index contributed by atoms with van der Waals surface area (Å²) in [6.45, 7) is 0.589. The molecule has 2 aliphatic heterocycles. The number of rotatable bonds is 8. The first kappa shape index (κ1) is 32.3. The fourth-order valence-corrected chi connectivity index (χ4v) is 8.15. The molecule has 2 saturated carbocycles. The van der Waals surface area contributed by atoms with Crippen molar-refractivity contribution in [1.29, 1.82) is 0 Å². The molecule has 3 amide bonds. The number of oxazole rings is 1. The lowest BCUT2D eigenvalue weighted by atomic mass is 10.0. The van der Waals surface area contributed by atoms with E-state index in [1.165, 1.54) is 4.90 Å². The Morgan fingerprint density at radius 1 is 1.04 bits per heavy atom. The Labute approximate surface area is 279 Å². The van der Waals surface area contributed by atoms with E-state index in [2.05, 4.69) is 20.3 Å². The summed E-state index contributed by atoms with van der Waals surface area (Å²) < 4.78 is 39.6. The van der Waals surface area contributed by atoms with Crippen molar-refractivity contribution in [2.45, 2.75) is 93.3 Å². The van der Waals surface area contributed by atoms with Crippen LogP contribution in [0, 0.1) is 5.92 Å². The van der Waals surface area contributed by atoms with Gasteiger partial charge in [0, 0.05) is 18.9 Å². The van der Waals surface area contributed by atoms with E-state index in [4.69, 9.17) is 9.15 Å². The number of nitrogens with one attached hydrogen (secondary N) is 3. The fraction of sp³-hybridized carbons (Fsp3) is 0.486. The van der Waals surface area contributed by atoms with Crippen molar-refractivity contribution in [2.24, 2.45) is 5.92 Å². The van der Waals surface area contributed by atoms with Gasteiger partial charge in [0.2, 0.25) is 21.8 Å². The molecule has 0 radical (unpaired) electrons. The van der Waals surface area contributed by atoms with Gasteiger partial charge in [-0.25, -0.2) is 8.42 Å². The Morgan fingerprint density at radius 3 is 2.62 bits per heavy atom. The van der Waals surface area contributed by atoms with Crippen LogP contribution in [0.5, 0.6) is 6.08 Å². The highest BCUT2D eigenvalue weighted by molar-refractivity contribution is 7.91. The first-order valence-electron chi connectivity index (χ1n) is 16.9. The number of para-hydroxylation sites is 2. The van der Waals surface area contributed by atoms with Crippen LogP contribution in [0.2, 0.25) is 0 Å². The second-order valence-corrected chi connectivity index (χ2v) is 15.3. The number of hydrogen-bond donors (Lipinski definition) is 3. The van der Waals surface area contributed by atoms with E-state index in [0.717, 1.165) is 31.2 Å². The molecule has 5 atom stereocenters. The van der Waals surface area contributed by atoms with Crippen LogP contribution in [-0.4, -0.2) is 71.5 Å². The molecule has 4 aliphatic rings. The second kappa shape index (κ2) is 13.3.